The molecule has 1 aliphatic rings. The lowest BCUT2D eigenvalue weighted by atomic mass is 9.84. The highest BCUT2D eigenvalue weighted by atomic mass is 32.2. The molecule has 1 heterocycles. The molecule has 0 spiro atoms. The van der Waals surface area contributed by atoms with Gasteiger partial charge in [0.1, 0.15) is 23.7 Å². The van der Waals surface area contributed by atoms with E-state index in [1.165, 1.54) is 14.0 Å². The van der Waals surface area contributed by atoms with Crippen molar-refractivity contribution < 1.29 is 40.0 Å². The molecule has 0 amide bonds. The van der Waals surface area contributed by atoms with Crippen LogP contribution < -0.4 is 9.47 Å². The van der Waals surface area contributed by atoms with Gasteiger partial charge in [0.05, 0.1) is 0 Å². The number of benzene rings is 1. The molecule has 0 fully saturated rings. The smallest absolute Gasteiger partial charge is 0.485 e. The van der Waals surface area contributed by atoms with E-state index in [4.69, 9.17) is 14.2 Å². The fraction of sp³-hybridized carbons (Fsp3) is 0.667. The van der Waals surface area contributed by atoms with Gasteiger partial charge in [-0.1, -0.05) is 20.8 Å². The molecule has 10 heteroatoms. The maximum absolute atomic E-state index is 12.5. The van der Waals surface area contributed by atoms with Crippen molar-refractivity contribution in [2.45, 2.75) is 57.1 Å². The van der Waals surface area contributed by atoms with E-state index >= 15 is 0 Å². The molecule has 6 nitrogen and oxygen atoms in total. The van der Waals surface area contributed by atoms with Crippen molar-refractivity contribution in [2.75, 3.05) is 20.5 Å². The van der Waals surface area contributed by atoms with Crippen molar-refractivity contribution >= 4 is 10.1 Å². The molecule has 0 saturated heterocycles. The van der Waals surface area contributed by atoms with Crippen molar-refractivity contribution in [3.63, 3.8) is 0 Å². The average Bonchev–Trinajstić information content (AvgIpc) is 2.56. The Kier molecular flexibility index (Phi) is 6.28. The van der Waals surface area contributed by atoms with Gasteiger partial charge in [0.2, 0.25) is 0 Å². The molecule has 1 aliphatic heterocycles. The molecular weight excluding hydrogens is 401 g/mol. The minimum atomic E-state index is -5.67. The number of hydrogen-bond donors (Lipinski definition) is 0. The number of fused-ring (bicyclic) bond motifs is 1. The molecule has 0 radical (unpaired) electrons. The van der Waals surface area contributed by atoms with Gasteiger partial charge in [-0.15, -0.1) is 0 Å². The zero-order valence-corrected chi connectivity index (χ0v) is 17.3. The van der Waals surface area contributed by atoms with Crippen LogP contribution >= 0.6 is 0 Å². The van der Waals surface area contributed by atoms with Crippen LogP contribution in [0.3, 0.4) is 0 Å². The first kappa shape index (κ1) is 22.8. The molecular formula is C18H25F3O6S. The van der Waals surface area contributed by atoms with Crippen molar-refractivity contribution in [1.82, 2.24) is 0 Å². The van der Waals surface area contributed by atoms with E-state index in [0.717, 1.165) is 11.1 Å². The normalized spacial score (nSPS) is 20.4. The third-order valence-corrected chi connectivity index (χ3v) is 5.38. The Morgan fingerprint density at radius 3 is 2.39 bits per heavy atom. The van der Waals surface area contributed by atoms with Crippen LogP contribution in [0.5, 0.6) is 11.5 Å². The van der Waals surface area contributed by atoms with Gasteiger partial charge in [0.25, 0.3) is 0 Å². The fourth-order valence-electron chi connectivity index (χ4n) is 2.81. The minimum absolute atomic E-state index is 0.0730. The summed E-state index contributed by atoms with van der Waals surface area (Å²) in [6.45, 7) is 6.80. The quantitative estimate of drug-likeness (QED) is 0.390. The monoisotopic (exact) mass is 426 g/mol. The van der Waals surface area contributed by atoms with E-state index in [9.17, 15) is 21.6 Å². The third-order valence-electron chi connectivity index (χ3n) is 4.39. The highest BCUT2D eigenvalue weighted by molar-refractivity contribution is 7.87. The fourth-order valence-corrected chi connectivity index (χ4v) is 3.34. The standard InChI is InChI=1S/C18H25F3O6S/c1-16(2,3)13-9-14-12(8-15(13)25-11-24-5)6-7-17(4,27-14)10-26-28(22,23)18(19,20)21/h8-9H,6-7,10-11H2,1-5H3. The number of methoxy groups -OCH3 is 1. The average molecular weight is 426 g/mol. The Balaban J connectivity index is 2.28. The molecule has 28 heavy (non-hydrogen) atoms. The molecule has 1 aromatic carbocycles. The Hall–Kier alpha value is -1.52. The molecule has 0 aliphatic carbocycles. The molecule has 0 N–H and O–H groups in total. The van der Waals surface area contributed by atoms with E-state index in [-0.39, 0.29) is 18.6 Å². The summed E-state index contributed by atoms with van der Waals surface area (Å²) in [7, 11) is -4.16. The predicted octanol–water partition coefficient (Wildman–Crippen LogP) is 3.92. The van der Waals surface area contributed by atoms with Crippen molar-refractivity contribution in [3.8, 4) is 11.5 Å². The lowest BCUT2D eigenvalue weighted by molar-refractivity contribution is -0.0606. The molecule has 0 bridgehead atoms. The van der Waals surface area contributed by atoms with Crippen LogP contribution in [0, 0.1) is 0 Å². The number of rotatable bonds is 6. The summed E-state index contributed by atoms with van der Waals surface area (Å²) in [6.07, 6.45) is 0.751. The second-order valence-corrected chi connectivity index (χ2v) is 9.58. The lowest BCUT2D eigenvalue weighted by Crippen LogP contribution is -2.43. The Morgan fingerprint density at radius 1 is 1.21 bits per heavy atom. The van der Waals surface area contributed by atoms with E-state index < -0.39 is 27.8 Å². The van der Waals surface area contributed by atoms with Crippen LogP contribution in [0.15, 0.2) is 12.1 Å². The first-order chi connectivity index (χ1) is 12.7. The van der Waals surface area contributed by atoms with E-state index in [1.54, 1.807) is 6.07 Å². The van der Waals surface area contributed by atoms with Crippen LogP contribution in [0.1, 0.15) is 45.2 Å². The number of halogens is 3. The zero-order valence-electron chi connectivity index (χ0n) is 16.5. The summed E-state index contributed by atoms with van der Waals surface area (Å²) in [5.41, 5.74) is -5.34. The van der Waals surface area contributed by atoms with Gasteiger partial charge in [0, 0.05) is 12.7 Å². The summed E-state index contributed by atoms with van der Waals surface area (Å²) in [5, 5.41) is 0. The van der Waals surface area contributed by atoms with Crippen molar-refractivity contribution in [2.24, 2.45) is 0 Å². The topological polar surface area (TPSA) is 71.1 Å². The number of ether oxygens (including phenoxy) is 3. The molecule has 2 rings (SSSR count). The van der Waals surface area contributed by atoms with Gasteiger partial charge in [-0.2, -0.15) is 21.6 Å². The number of hydrogen-bond acceptors (Lipinski definition) is 6. The maximum Gasteiger partial charge on any atom is 0.523 e. The molecule has 1 atom stereocenters. The molecule has 160 valence electrons. The van der Waals surface area contributed by atoms with Crippen LogP contribution in [0.25, 0.3) is 0 Å². The second kappa shape index (κ2) is 7.72. The van der Waals surface area contributed by atoms with Gasteiger partial charge in [-0.3, -0.25) is 4.18 Å². The molecule has 1 unspecified atom stereocenters. The Morgan fingerprint density at radius 2 is 1.86 bits per heavy atom. The Labute approximate surface area is 163 Å². The van der Waals surface area contributed by atoms with E-state index in [2.05, 4.69) is 4.18 Å². The minimum Gasteiger partial charge on any atom is -0.485 e. The summed E-state index contributed by atoms with van der Waals surface area (Å²) in [5.74, 6) is 1.10. The predicted molar refractivity (Wildman–Crippen MR) is 95.9 cm³/mol. The highest BCUT2D eigenvalue weighted by Crippen LogP contribution is 2.42. The molecule has 1 aromatic rings. The SMILES string of the molecule is COCOc1cc2c(cc1C(C)(C)C)OC(C)(COS(=O)(=O)C(F)(F)F)CC2. The summed E-state index contributed by atoms with van der Waals surface area (Å²) < 4.78 is 80.6. The van der Waals surface area contributed by atoms with Crippen LogP contribution in [0.2, 0.25) is 0 Å². The van der Waals surface area contributed by atoms with E-state index in [1.807, 2.05) is 26.8 Å². The van der Waals surface area contributed by atoms with Gasteiger partial charge in [0.15, 0.2) is 6.79 Å². The van der Waals surface area contributed by atoms with Crippen molar-refractivity contribution in [3.05, 3.63) is 23.3 Å². The molecule has 0 saturated carbocycles. The number of aryl methyl sites for hydroxylation is 1. The van der Waals surface area contributed by atoms with Crippen LogP contribution in [-0.4, -0.2) is 40.0 Å². The molecule has 0 aromatic heterocycles. The maximum atomic E-state index is 12.5. The Bertz CT molecular complexity index is 814. The van der Waals surface area contributed by atoms with Crippen LogP contribution in [0.4, 0.5) is 13.2 Å². The van der Waals surface area contributed by atoms with Crippen molar-refractivity contribution in [1.29, 1.82) is 0 Å². The largest absolute Gasteiger partial charge is 0.523 e. The van der Waals surface area contributed by atoms with E-state index in [0.29, 0.717) is 17.9 Å². The first-order valence-corrected chi connectivity index (χ1v) is 10.0. The summed E-state index contributed by atoms with van der Waals surface area (Å²) in [6, 6.07) is 3.60. The second-order valence-electron chi connectivity index (χ2n) is 7.97. The summed E-state index contributed by atoms with van der Waals surface area (Å²) in [4.78, 5) is 0. The van der Waals surface area contributed by atoms with Gasteiger partial charge in [-0.25, -0.2) is 0 Å². The lowest BCUT2D eigenvalue weighted by Gasteiger charge is -2.36. The first-order valence-electron chi connectivity index (χ1n) is 8.62. The zero-order chi connectivity index (χ0) is 21.4. The summed E-state index contributed by atoms with van der Waals surface area (Å²) >= 11 is 0. The van der Waals surface area contributed by atoms with Gasteiger partial charge in [-0.05, 0) is 42.9 Å². The number of alkyl halides is 3. The van der Waals surface area contributed by atoms with Gasteiger partial charge < -0.3 is 14.2 Å². The van der Waals surface area contributed by atoms with Crippen LogP contribution in [-0.2, 0) is 30.9 Å². The third kappa shape index (κ3) is 5.09. The highest BCUT2D eigenvalue weighted by Gasteiger charge is 2.49. The van der Waals surface area contributed by atoms with Gasteiger partial charge >= 0.3 is 15.6 Å².